The lowest BCUT2D eigenvalue weighted by Crippen LogP contribution is -2.66. The number of ketones is 2. The molecule has 5 aliphatic rings. The first-order valence-electron chi connectivity index (χ1n) is 18.2. The maximum atomic E-state index is 14.5. The summed E-state index contributed by atoms with van der Waals surface area (Å²) in [6.45, 7) is 18.7. The molecule has 0 unspecified atom stereocenters. The van der Waals surface area contributed by atoms with Gasteiger partial charge in [-0.15, -0.1) is 0 Å². The Labute approximate surface area is 282 Å². The van der Waals surface area contributed by atoms with Crippen molar-refractivity contribution < 1.29 is 19.1 Å². The number of hydrogen-bond donors (Lipinski definition) is 0. The van der Waals surface area contributed by atoms with Crippen LogP contribution < -0.4 is 0 Å². The van der Waals surface area contributed by atoms with Crippen LogP contribution in [0.5, 0.6) is 0 Å². The number of esters is 1. The number of ether oxygens (including phenoxy) is 1. The second kappa shape index (κ2) is 11.6. The average molecular weight is 649 g/mol. The number of carbonyl (C=O) groups excluding carboxylic acids is 3. The zero-order chi connectivity index (χ0) is 33.4. The molecule has 0 spiro atoms. The summed E-state index contributed by atoms with van der Waals surface area (Å²) in [6, 6.07) is 7.05. The minimum atomic E-state index is -0.404. The monoisotopic (exact) mass is 648 g/mol. The van der Waals surface area contributed by atoms with Gasteiger partial charge in [0.05, 0.1) is 5.41 Å². The van der Waals surface area contributed by atoms with Gasteiger partial charge in [0.2, 0.25) is 0 Å². The molecule has 0 amide bonds. The molecule has 4 fully saturated rings. The molecule has 46 heavy (non-hydrogen) atoms. The van der Waals surface area contributed by atoms with E-state index >= 15 is 0 Å². The van der Waals surface area contributed by atoms with Crippen LogP contribution in [-0.2, 0) is 14.3 Å². The Hall–Kier alpha value is -1.94. The molecule has 5 aliphatic carbocycles. The minimum absolute atomic E-state index is 0.00974. The number of rotatable bonds is 7. The second-order valence-corrected chi connectivity index (χ2v) is 18.0. The molecule has 4 nitrogen and oxygen atoms in total. The van der Waals surface area contributed by atoms with Gasteiger partial charge >= 0.3 is 5.97 Å². The third-order valence-electron chi connectivity index (χ3n) is 15.2. The molecule has 0 heterocycles. The van der Waals surface area contributed by atoms with E-state index in [1.807, 2.05) is 0 Å². The van der Waals surface area contributed by atoms with Crippen LogP contribution in [0.1, 0.15) is 143 Å². The van der Waals surface area contributed by atoms with Crippen molar-refractivity contribution in [3.63, 3.8) is 0 Å². The van der Waals surface area contributed by atoms with Crippen LogP contribution in [0.4, 0.5) is 0 Å². The van der Waals surface area contributed by atoms with E-state index in [-0.39, 0.29) is 45.9 Å². The summed E-state index contributed by atoms with van der Waals surface area (Å²) >= 11 is 6.05. The first-order valence-corrected chi connectivity index (χ1v) is 18.6. The smallest absolute Gasteiger partial charge is 0.302 e. The van der Waals surface area contributed by atoms with Gasteiger partial charge in [-0.2, -0.15) is 0 Å². The van der Waals surface area contributed by atoms with Gasteiger partial charge in [0.1, 0.15) is 11.9 Å². The fraction of sp³-hybridized carbons (Fsp3) is 0.732. The van der Waals surface area contributed by atoms with Gasteiger partial charge in [0, 0.05) is 35.8 Å². The number of allylic oxidation sites excluding steroid dienone is 2. The Morgan fingerprint density at radius 1 is 0.826 bits per heavy atom. The summed E-state index contributed by atoms with van der Waals surface area (Å²) in [5, 5.41) is 0.614. The molecule has 6 rings (SSSR count). The summed E-state index contributed by atoms with van der Waals surface area (Å²) in [5.41, 5.74) is 3.75. The maximum absolute atomic E-state index is 14.5. The van der Waals surface area contributed by atoms with E-state index in [9.17, 15) is 14.4 Å². The molecule has 0 saturated heterocycles. The lowest BCUT2D eigenvalue weighted by Gasteiger charge is -2.72. The molecule has 0 bridgehead atoms. The molecular weight excluding hydrogens is 592 g/mol. The fourth-order valence-corrected chi connectivity index (χ4v) is 12.9. The van der Waals surface area contributed by atoms with Gasteiger partial charge in [-0.3, -0.25) is 14.4 Å². The van der Waals surface area contributed by atoms with Crippen molar-refractivity contribution in [2.75, 3.05) is 0 Å². The number of Topliss-reactive ketones (excluding diaryl/α,β-unsaturated/α-hetero) is 2. The fourth-order valence-electron chi connectivity index (χ4n) is 12.7. The predicted molar refractivity (Wildman–Crippen MR) is 185 cm³/mol. The van der Waals surface area contributed by atoms with Crippen molar-refractivity contribution in [3.8, 4) is 0 Å². The van der Waals surface area contributed by atoms with Crippen molar-refractivity contribution in [1.82, 2.24) is 0 Å². The highest BCUT2D eigenvalue weighted by Gasteiger charge is 2.70. The molecule has 5 heteroatoms. The van der Waals surface area contributed by atoms with Crippen molar-refractivity contribution >= 4 is 29.1 Å². The lowest BCUT2D eigenvalue weighted by molar-refractivity contribution is -0.232. The van der Waals surface area contributed by atoms with E-state index in [2.05, 4.69) is 48.5 Å². The average Bonchev–Trinajstić information content (AvgIpc) is 3.39. The van der Waals surface area contributed by atoms with E-state index < -0.39 is 5.41 Å². The third kappa shape index (κ3) is 4.92. The van der Waals surface area contributed by atoms with E-state index in [0.29, 0.717) is 46.5 Å². The van der Waals surface area contributed by atoms with Crippen molar-refractivity contribution in [2.24, 2.45) is 50.7 Å². The molecular formula is C41H57ClO4. The third-order valence-corrected chi connectivity index (χ3v) is 15.4. The molecule has 8 atom stereocenters. The molecule has 0 radical (unpaired) electrons. The molecule has 1 aromatic rings. The van der Waals surface area contributed by atoms with Gasteiger partial charge in [-0.05, 0) is 128 Å². The normalized spacial score (nSPS) is 39.6. The predicted octanol–water partition coefficient (Wildman–Crippen LogP) is 10.6. The van der Waals surface area contributed by atoms with E-state index in [0.717, 1.165) is 44.9 Å². The zero-order valence-electron chi connectivity index (χ0n) is 29.7. The lowest BCUT2D eigenvalue weighted by atomic mass is 9.33. The number of fused-ring (bicyclic) bond motifs is 7. The van der Waals surface area contributed by atoms with Crippen LogP contribution in [0.2, 0.25) is 5.02 Å². The second-order valence-electron chi connectivity index (χ2n) is 17.6. The molecule has 0 aliphatic heterocycles. The largest absolute Gasteiger partial charge is 0.462 e. The summed E-state index contributed by atoms with van der Waals surface area (Å²) < 4.78 is 5.94. The van der Waals surface area contributed by atoms with Crippen molar-refractivity contribution in [1.29, 1.82) is 0 Å². The van der Waals surface area contributed by atoms with Crippen LogP contribution in [0.25, 0.3) is 0 Å². The Balaban J connectivity index is 1.30. The highest BCUT2D eigenvalue weighted by atomic mass is 35.5. The van der Waals surface area contributed by atoms with E-state index in [1.165, 1.54) is 24.8 Å². The Morgan fingerprint density at radius 3 is 2.17 bits per heavy atom. The standard InChI is InChI=1S/C41H57ClO4/c1-25(2)29-17-22-41(34(45)16-14-31(44)27-9-11-28(42)12-10-27)24-23-39(7)30(36(29)41)13-15-33-38(6)20-19-35(46-26(3)43)37(4,5)32(38)18-21-40(33,39)8/h9-12,25,30,32-33,35H,13-24H2,1-8H3/t30-,32+,33-,35+,38+,39-,40-,41-/m1/s1. The van der Waals surface area contributed by atoms with Crippen molar-refractivity contribution in [2.45, 2.75) is 139 Å². The maximum Gasteiger partial charge on any atom is 0.302 e. The van der Waals surface area contributed by atoms with Gasteiger partial charge in [-0.25, -0.2) is 0 Å². The van der Waals surface area contributed by atoms with Crippen LogP contribution in [-0.4, -0.2) is 23.6 Å². The van der Waals surface area contributed by atoms with E-state index in [1.54, 1.807) is 36.8 Å². The number of hydrogen-bond acceptors (Lipinski definition) is 4. The molecule has 0 aromatic heterocycles. The zero-order valence-corrected chi connectivity index (χ0v) is 30.4. The number of benzene rings is 1. The summed E-state index contributed by atoms with van der Waals surface area (Å²) in [5.74, 6) is 2.16. The Bertz CT molecular complexity index is 1440. The van der Waals surface area contributed by atoms with Crippen molar-refractivity contribution in [3.05, 3.63) is 46.0 Å². The molecule has 4 saturated carbocycles. The summed E-state index contributed by atoms with van der Waals surface area (Å²) in [6.07, 6.45) is 11.3. The highest BCUT2D eigenvalue weighted by Crippen LogP contribution is 2.77. The molecule has 252 valence electrons. The molecule has 0 N–H and O–H groups in total. The van der Waals surface area contributed by atoms with Crippen LogP contribution in [0.15, 0.2) is 35.4 Å². The van der Waals surface area contributed by atoms with Crippen LogP contribution in [0, 0.1) is 50.7 Å². The minimum Gasteiger partial charge on any atom is -0.462 e. The summed E-state index contributed by atoms with van der Waals surface area (Å²) in [7, 11) is 0. The first kappa shape index (κ1) is 33.9. The van der Waals surface area contributed by atoms with Gasteiger partial charge in [0.15, 0.2) is 5.78 Å². The van der Waals surface area contributed by atoms with Crippen LogP contribution >= 0.6 is 11.6 Å². The first-order chi connectivity index (χ1) is 21.5. The Kier molecular flexibility index (Phi) is 8.55. The quantitative estimate of drug-likeness (QED) is 0.168. The Morgan fingerprint density at radius 2 is 1.52 bits per heavy atom. The van der Waals surface area contributed by atoms with Gasteiger partial charge in [-0.1, -0.05) is 71.2 Å². The number of halogens is 1. The number of carbonyl (C=O) groups is 3. The SMILES string of the molecule is CC(=O)O[C@H]1CC[C@]2(C)[C@H]3CC[C@@H]4C5=C(C(C)C)CC[C@]5(C(=O)CCC(=O)c5ccc(Cl)cc5)CC[C@@]4(C)[C@]3(C)CC[C@H]2C1(C)C. The topological polar surface area (TPSA) is 60.4 Å². The van der Waals surface area contributed by atoms with Gasteiger partial charge < -0.3 is 4.74 Å². The summed E-state index contributed by atoms with van der Waals surface area (Å²) in [4.78, 5) is 39.6. The van der Waals surface area contributed by atoms with E-state index in [4.69, 9.17) is 16.3 Å². The highest BCUT2D eigenvalue weighted by molar-refractivity contribution is 6.30. The van der Waals surface area contributed by atoms with Gasteiger partial charge in [0.25, 0.3) is 0 Å². The molecule has 1 aromatic carbocycles. The van der Waals surface area contributed by atoms with Crippen LogP contribution in [0.3, 0.4) is 0 Å².